The molecule has 0 atom stereocenters. The van der Waals surface area contributed by atoms with Crippen LogP contribution in [0.3, 0.4) is 0 Å². The van der Waals surface area contributed by atoms with E-state index in [1.807, 2.05) is 25.2 Å². The minimum absolute atomic E-state index is 0.576. The van der Waals surface area contributed by atoms with Gasteiger partial charge in [-0.25, -0.2) is 5.01 Å². The van der Waals surface area contributed by atoms with Gasteiger partial charge in [0, 0.05) is 26.2 Å². The van der Waals surface area contributed by atoms with Gasteiger partial charge in [0.15, 0.2) is 11.5 Å². The summed E-state index contributed by atoms with van der Waals surface area (Å²) in [6.07, 6.45) is 0. The lowest BCUT2D eigenvalue weighted by molar-refractivity contribution is 0.172. The number of ether oxygens (including phenoxy) is 2. The molecular weight excluding hydrogens is 194 g/mol. The first-order valence-electron chi connectivity index (χ1n) is 4.80. The van der Waals surface area contributed by atoms with Crippen LogP contribution in [0.25, 0.3) is 0 Å². The molecule has 0 aromatic heterocycles. The number of hydrazine groups is 1. The predicted octanol–water partition coefficient (Wildman–Crippen LogP) is 0.929. The second-order valence-corrected chi connectivity index (χ2v) is 3.59. The second kappa shape index (κ2) is 3.86. The number of hydrogen-bond donors (Lipinski definition) is 2. The molecule has 1 aliphatic rings. The molecule has 0 bridgehead atoms. The minimum atomic E-state index is 0.576. The summed E-state index contributed by atoms with van der Waals surface area (Å²) >= 11 is 0. The highest BCUT2D eigenvalue weighted by atomic mass is 16.6. The molecule has 5 heteroatoms. The summed E-state index contributed by atoms with van der Waals surface area (Å²) in [7, 11) is 3.80. The fraction of sp³-hybridized carbons (Fsp3) is 0.400. The first-order chi connectivity index (χ1) is 7.16. The summed E-state index contributed by atoms with van der Waals surface area (Å²) < 4.78 is 10.9. The third-order valence-electron chi connectivity index (χ3n) is 2.06. The topological polar surface area (TPSA) is 59.8 Å². The van der Waals surface area contributed by atoms with Crippen LogP contribution < -0.4 is 20.6 Å². The number of rotatable bonds is 2. The molecule has 0 radical (unpaired) electrons. The van der Waals surface area contributed by atoms with Crippen molar-refractivity contribution in [3.8, 4) is 11.5 Å². The minimum Gasteiger partial charge on any atom is -0.486 e. The highest BCUT2D eigenvalue weighted by Gasteiger charge is 2.14. The average Bonchev–Trinajstić information content (AvgIpc) is 2.18. The van der Waals surface area contributed by atoms with Gasteiger partial charge in [0.05, 0.1) is 11.4 Å². The summed E-state index contributed by atoms with van der Waals surface area (Å²) in [5, 5.41) is 1.82. The maximum absolute atomic E-state index is 5.87. The zero-order chi connectivity index (χ0) is 10.8. The van der Waals surface area contributed by atoms with Crippen LogP contribution in [0.15, 0.2) is 12.1 Å². The number of nitrogens with two attached hydrogens (primary N) is 1. The van der Waals surface area contributed by atoms with Crippen LogP contribution in [0.5, 0.6) is 11.5 Å². The van der Waals surface area contributed by atoms with E-state index in [1.165, 1.54) is 0 Å². The summed E-state index contributed by atoms with van der Waals surface area (Å²) in [6.45, 7) is 1.16. The van der Waals surface area contributed by atoms with Crippen LogP contribution in [-0.4, -0.2) is 32.3 Å². The molecule has 0 unspecified atom stereocenters. The molecule has 0 saturated carbocycles. The maximum atomic E-state index is 5.87. The Morgan fingerprint density at radius 1 is 1.20 bits per heavy atom. The van der Waals surface area contributed by atoms with Crippen LogP contribution in [0.2, 0.25) is 0 Å². The van der Waals surface area contributed by atoms with Crippen molar-refractivity contribution in [3.63, 3.8) is 0 Å². The maximum Gasteiger partial charge on any atom is 0.163 e. The lowest BCUT2D eigenvalue weighted by Crippen LogP contribution is -2.21. The Morgan fingerprint density at radius 2 is 1.80 bits per heavy atom. The van der Waals surface area contributed by atoms with E-state index in [4.69, 9.17) is 15.2 Å². The molecule has 5 nitrogen and oxygen atoms in total. The molecule has 2 rings (SSSR count). The first-order valence-corrected chi connectivity index (χ1v) is 4.80. The number of benzene rings is 1. The number of nitrogens with zero attached hydrogens (tertiary/aromatic N) is 1. The Balaban J connectivity index is 2.32. The standard InChI is InChI=1S/C10H15N3O2/c1-13(2)12-8-6-10-9(5-7(8)11)14-3-4-15-10/h5-6,12H,3-4,11H2,1-2H3. The van der Waals surface area contributed by atoms with E-state index in [0.29, 0.717) is 24.7 Å². The van der Waals surface area contributed by atoms with Crippen molar-refractivity contribution < 1.29 is 9.47 Å². The molecule has 1 aliphatic heterocycles. The van der Waals surface area contributed by atoms with E-state index >= 15 is 0 Å². The van der Waals surface area contributed by atoms with Gasteiger partial charge in [0.25, 0.3) is 0 Å². The van der Waals surface area contributed by atoms with Gasteiger partial charge in [0.1, 0.15) is 13.2 Å². The molecule has 0 fully saturated rings. The molecule has 82 valence electrons. The molecular formula is C10H15N3O2. The van der Waals surface area contributed by atoms with Crippen LogP contribution >= 0.6 is 0 Å². The van der Waals surface area contributed by atoms with Gasteiger partial charge in [0.2, 0.25) is 0 Å². The SMILES string of the molecule is CN(C)Nc1cc2c(cc1N)OCCO2. The van der Waals surface area contributed by atoms with Gasteiger partial charge >= 0.3 is 0 Å². The fourth-order valence-corrected chi connectivity index (χ4v) is 1.44. The Hall–Kier alpha value is -1.62. The smallest absolute Gasteiger partial charge is 0.163 e. The van der Waals surface area contributed by atoms with Crippen molar-refractivity contribution in [1.29, 1.82) is 0 Å². The predicted molar refractivity (Wildman–Crippen MR) is 59.2 cm³/mol. The third kappa shape index (κ3) is 2.07. The molecule has 1 aromatic carbocycles. The van der Waals surface area contributed by atoms with E-state index in [1.54, 1.807) is 6.07 Å². The fourth-order valence-electron chi connectivity index (χ4n) is 1.44. The van der Waals surface area contributed by atoms with E-state index < -0.39 is 0 Å². The lowest BCUT2D eigenvalue weighted by atomic mass is 10.2. The summed E-state index contributed by atoms with van der Waals surface area (Å²) in [5.74, 6) is 1.45. The number of nitrogens with one attached hydrogen (secondary N) is 1. The first kappa shape index (κ1) is 9.92. The normalized spacial score (nSPS) is 14.1. The molecule has 0 spiro atoms. The highest BCUT2D eigenvalue weighted by Crippen LogP contribution is 2.36. The Kier molecular flexibility index (Phi) is 2.55. The summed E-state index contributed by atoms with van der Waals surface area (Å²) in [4.78, 5) is 0. The largest absolute Gasteiger partial charge is 0.486 e. The van der Waals surface area contributed by atoms with Crippen LogP contribution in [0.4, 0.5) is 11.4 Å². The molecule has 15 heavy (non-hydrogen) atoms. The van der Waals surface area contributed by atoms with Crippen LogP contribution in [0.1, 0.15) is 0 Å². The monoisotopic (exact) mass is 209 g/mol. The van der Waals surface area contributed by atoms with Crippen molar-refractivity contribution in [2.75, 3.05) is 38.5 Å². The molecule has 0 aliphatic carbocycles. The molecule has 0 saturated heterocycles. The Bertz CT molecular complexity index is 366. The molecule has 1 heterocycles. The third-order valence-corrected chi connectivity index (χ3v) is 2.06. The van der Waals surface area contributed by atoms with E-state index in [9.17, 15) is 0 Å². The van der Waals surface area contributed by atoms with Gasteiger partial charge in [-0.15, -0.1) is 0 Å². The van der Waals surface area contributed by atoms with Crippen molar-refractivity contribution >= 4 is 11.4 Å². The van der Waals surface area contributed by atoms with Gasteiger partial charge in [-0.05, 0) is 0 Å². The summed E-state index contributed by atoms with van der Waals surface area (Å²) in [6, 6.07) is 3.63. The number of anilines is 2. The van der Waals surface area contributed by atoms with Gasteiger partial charge in [-0.1, -0.05) is 0 Å². The van der Waals surface area contributed by atoms with Crippen LogP contribution in [0, 0.1) is 0 Å². The summed E-state index contributed by atoms with van der Waals surface area (Å²) in [5.41, 5.74) is 10.4. The number of nitrogen functional groups attached to an aromatic ring is 1. The lowest BCUT2D eigenvalue weighted by Gasteiger charge is -2.22. The average molecular weight is 209 g/mol. The molecule has 0 amide bonds. The van der Waals surface area contributed by atoms with Crippen LogP contribution in [-0.2, 0) is 0 Å². The quantitative estimate of drug-likeness (QED) is 0.560. The van der Waals surface area contributed by atoms with E-state index in [2.05, 4.69) is 5.43 Å². The van der Waals surface area contributed by atoms with E-state index in [0.717, 1.165) is 11.4 Å². The van der Waals surface area contributed by atoms with Crippen molar-refractivity contribution in [2.45, 2.75) is 0 Å². The second-order valence-electron chi connectivity index (χ2n) is 3.59. The molecule has 1 aromatic rings. The van der Waals surface area contributed by atoms with Gasteiger partial charge in [-0.2, -0.15) is 0 Å². The van der Waals surface area contributed by atoms with Gasteiger partial charge < -0.3 is 20.6 Å². The van der Waals surface area contributed by atoms with Crippen molar-refractivity contribution in [2.24, 2.45) is 0 Å². The highest BCUT2D eigenvalue weighted by molar-refractivity contribution is 5.71. The number of hydrogen-bond acceptors (Lipinski definition) is 5. The van der Waals surface area contributed by atoms with Crippen molar-refractivity contribution in [3.05, 3.63) is 12.1 Å². The zero-order valence-corrected chi connectivity index (χ0v) is 8.91. The Morgan fingerprint density at radius 3 is 2.40 bits per heavy atom. The zero-order valence-electron chi connectivity index (χ0n) is 8.91. The number of fused-ring (bicyclic) bond motifs is 1. The molecule has 3 N–H and O–H groups in total. The van der Waals surface area contributed by atoms with Gasteiger partial charge in [-0.3, -0.25) is 0 Å². The Labute approximate surface area is 88.7 Å². The van der Waals surface area contributed by atoms with E-state index in [-0.39, 0.29) is 0 Å². The van der Waals surface area contributed by atoms with Crippen molar-refractivity contribution in [1.82, 2.24) is 5.01 Å².